The van der Waals surface area contributed by atoms with Crippen molar-refractivity contribution in [1.29, 1.82) is 0 Å². The summed E-state index contributed by atoms with van der Waals surface area (Å²) in [5.74, 6) is -2.77. The molecule has 0 radical (unpaired) electrons. The van der Waals surface area contributed by atoms with E-state index in [4.69, 9.17) is 10.5 Å². The second-order valence-electron chi connectivity index (χ2n) is 7.43. The molecular weight excluding hydrogens is 433 g/mol. The van der Waals surface area contributed by atoms with Crippen LogP contribution in [0.3, 0.4) is 0 Å². The van der Waals surface area contributed by atoms with E-state index in [1.807, 2.05) is 6.92 Å². The maximum atomic E-state index is 14.0. The molecule has 3 N–H and O–H groups in total. The van der Waals surface area contributed by atoms with Crippen LogP contribution in [-0.4, -0.2) is 15.6 Å². The van der Waals surface area contributed by atoms with Crippen LogP contribution in [-0.2, 0) is 6.61 Å². The zero-order valence-corrected chi connectivity index (χ0v) is 17.5. The fraction of sp³-hybridized carbons (Fsp3) is 0.0800. The fourth-order valence-electron chi connectivity index (χ4n) is 3.57. The molecule has 168 valence electrons. The standard InChI is InChI=1S/C25H19F3N2O3/c1-14-2-8-23(30(14)17-5-7-21(27)19(11-17)25(29)32)20-12-18(31)6-9-24(20)33-13-15-3-4-16(26)10-22(15)28/h2-12,31H,13H2,1H3,(H2,29,32). The predicted octanol–water partition coefficient (Wildman–Crippen LogP) is 5.25. The van der Waals surface area contributed by atoms with Gasteiger partial charge in [-0.15, -0.1) is 0 Å². The van der Waals surface area contributed by atoms with E-state index in [1.54, 1.807) is 16.7 Å². The maximum Gasteiger partial charge on any atom is 0.251 e. The average molecular weight is 452 g/mol. The van der Waals surface area contributed by atoms with Crippen LogP contribution in [0.4, 0.5) is 13.2 Å². The van der Waals surface area contributed by atoms with Crippen LogP contribution in [0, 0.1) is 24.4 Å². The molecule has 4 rings (SSSR count). The lowest BCUT2D eigenvalue weighted by molar-refractivity contribution is 0.0996. The van der Waals surface area contributed by atoms with Crippen molar-refractivity contribution in [2.24, 2.45) is 5.73 Å². The van der Waals surface area contributed by atoms with E-state index in [2.05, 4.69) is 0 Å². The van der Waals surface area contributed by atoms with Crippen molar-refractivity contribution in [3.05, 3.63) is 101 Å². The first-order chi connectivity index (χ1) is 15.7. The number of halogens is 3. The van der Waals surface area contributed by atoms with Gasteiger partial charge in [0, 0.05) is 28.6 Å². The zero-order chi connectivity index (χ0) is 23.7. The summed E-state index contributed by atoms with van der Waals surface area (Å²) >= 11 is 0. The number of nitrogens with two attached hydrogens (primary N) is 1. The Morgan fingerprint density at radius 1 is 0.970 bits per heavy atom. The van der Waals surface area contributed by atoms with Crippen molar-refractivity contribution in [2.45, 2.75) is 13.5 Å². The zero-order valence-electron chi connectivity index (χ0n) is 17.5. The molecule has 0 aliphatic heterocycles. The Morgan fingerprint density at radius 3 is 2.48 bits per heavy atom. The Hall–Kier alpha value is -4.20. The van der Waals surface area contributed by atoms with Crippen LogP contribution in [0.15, 0.2) is 66.7 Å². The van der Waals surface area contributed by atoms with Crippen LogP contribution >= 0.6 is 0 Å². The molecule has 5 nitrogen and oxygen atoms in total. The molecule has 1 heterocycles. The van der Waals surface area contributed by atoms with Crippen molar-refractivity contribution in [2.75, 3.05) is 0 Å². The first-order valence-corrected chi connectivity index (χ1v) is 9.93. The van der Waals surface area contributed by atoms with E-state index in [1.165, 1.54) is 36.4 Å². The highest BCUT2D eigenvalue weighted by molar-refractivity contribution is 5.93. The van der Waals surface area contributed by atoms with Crippen molar-refractivity contribution < 1.29 is 27.8 Å². The lowest BCUT2D eigenvalue weighted by Gasteiger charge is -2.17. The van der Waals surface area contributed by atoms with Crippen LogP contribution < -0.4 is 10.5 Å². The van der Waals surface area contributed by atoms with Crippen molar-refractivity contribution in [1.82, 2.24) is 4.57 Å². The molecule has 8 heteroatoms. The van der Waals surface area contributed by atoms with Crippen molar-refractivity contribution in [3.8, 4) is 28.4 Å². The number of aromatic nitrogens is 1. The number of carbonyl (C=O) groups is 1. The largest absolute Gasteiger partial charge is 0.508 e. The fourth-order valence-corrected chi connectivity index (χ4v) is 3.57. The summed E-state index contributed by atoms with van der Waals surface area (Å²) in [6.45, 7) is 1.64. The lowest BCUT2D eigenvalue weighted by Crippen LogP contribution is -2.14. The first-order valence-electron chi connectivity index (χ1n) is 9.93. The number of aryl methyl sites for hydroxylation is 1. The average Bonchev–Trinajstić information content (AvgIpc) is 3.15. The van der Waals surface area contributed by atoms with E-state index >= 15 is 0 Å². The number of rotatable bonds is 6. The number of carbonyl (C=O) groups excluding carboxylic acids is 1. The third kappa shape index (κ3) is 4.41. The van der Waals surface area contributed by atoms with Gasteiger partial charge in [0.15, 0.2) is 0 Å². The van der Waals surface area contributed by atoms with Crippen LogP contribution in [0.25, 0.3) is 16.9 Å². The molecule has 4 aromatic rings. The van der Waals surface area contributed by atoms with E-state index in [0.29, 0.717) is 22.7 Å². The monoisotopic (exact) mass is 452 g/mol. The molecule has 0 bridgehead atoms. The minimum atomic E-state index is -0.900. The van der Waals surface area contributed by atoms with Gasteiger partial charge in [0.2, 0.25) is 0 Å². The highest BCUT2D eigenvalue weighted by atomic mass is 19.1. The van der Waals surface area contributed by atoms with E-state index < -0.39 is 23.4 Å². The normalized spacial score (nSPS) is 10.9. The minimum Gasteiger partial charge on any atom is -0.508 e. The predicted molar refractivity (Wildman–Crippen MR) is 117 cm³/mol. The van der Waals surface area contributed by atoms with Gasteiger partial charge in [-0.2, -0.15) is 0 Å². The number of hydrogen-bond acceptors (Lipinski definition) is 3. The molecule has 0 saturated heterocycles. The number of nitrogens with zero attached hydrogens (tertiary/aromatic N) is 1. The molecule has 0 saturated carbocycles. The van der Waals surface area contributed by atoms with Crippen molar-refractivity contribution >= 4 is 5.91 Å². The quantitative estimate of drug-likeness (QED) is 0.419. The molecule has 0 spiro atoms. The molecule has 0 atom stereocenters. The van der Waals surface area contributed by atoms with E-state index in [-0.39, 0.29) is 23.5 Å². The number of amides is 1. The number of primary amides is 1. The molecule has 1 aromatic heterocycles. The second kappa shape index (κ2) is 8.74. The molecule has 0 aliphatic carbocycles. The van der Waals surface area contributed by atoms with Gasteiger partial charge in [-0.05, 0) is 67.6 Å². The van der Waals surface area contributed by atoms with Gasteiger partial charge in [-0.25, -0.2) is 13.2 Å². The summed E-state index contributed by atoms with van der Waals surface area (Å²) in [6, 6.07) is 15.2. The van der Waals surface area contributed by atoms with Gasteiger partial charge in [0.25, 0.3) is 5.91 Å². The smallest absolute Gasteiger partial charge is 0.251 e. The molecular formula is C25H19F3N2O3. The summed E-state index contributed by atoms with van der Waals surface area (Å²) in [7, 11) is 0. The lowest BCUT2D eigenvalue weighted by atomic mass is 10.1. The SMILES string of the molecule is Cc1ccc(-c2cc(O)ccc2OCc2ccc(F)cc2F)n1-c1ccc(F)c(C(N)=O)c1. The second-order valence-corrected chi connectivity index (χ2v) is 7.43. The summed E-state index contributed by atoms with van der Waals surface area (Å²) in [5, 5.41) is 10.1. The topological polar surface area (TPSA) is 77.5 Å². The number of benzene rings is 3. The Bertz CT molecular complexity index is 1370. The van der Waals surface area contributed by atoms with Crippen LogP contribution in [0.1, 0.15) is 21.6 Å². The van der Waals surface area contributed by atoms with Gasteiger partial charge in [-0.3, -0.25) is 4.79 Å². The van der Waals surface area contributed by atoms with Crippen LogP contribution in [0.2, 0.25) is 0 Å². The van der Waals surface area contributed by atoms with Crippen molar-refractivity contribution in [3.63, 3.8) is 0 Å². The van der Waals surface area contributed by atoms with Gasteiger partial charge in [0.05, 0.1) is 11.3 Å². The van der Waals surface area contributed by atoms with E-state index in [9.17, 15) is 23.1 Å². The number of hydrogen-bond donors (Lipinski definition) is 2. The summed E-state index contributed by atoms with van der Waals surface area (Å²) in [6.07, 6.45) is 0. The highest BCUT2D eigenvalue weighted by Crippen LogP contribution is 2.36. The molecule has 33 heavy (non-hydrogen) atoms. The Labute approximate surface area is 187 Å². The minimum absolute atomic E-state index is 0.0346. The third-order valence-electron chi connectivity index (χ3n) is 5.19. The Kier molecular flexibility index (Phi) is 5.83. The van der Waals surface area contributed by atoms with Gasteiger partial charge in [-0.1, -0.05) is 0 Å². The first kappa shape index (κ1) is 22.0. The third-order valence-corrected chi connectivity index (χ3v) is 5.19. The molecule has 0 unspecified atom stereocenters. The number of ether oxygens (including phenoxy) is 1. The summed E-state index contributed by atoms with van der Waals surface area (Å²) < 4.78 is 48.8. The Morgan fingerprint density at radius 2 is 1.76 bits per heavy atom. The van der Waals surface area contributed by atoms with Gasteiger partial charge < -0.3 is 20.1 Å². The maximum absolute atomic E-state index is 14.0. The number of aromatic hydroxyl groups is 1. The highest BCUT2D eigenvalue weighted by Gasteiger charge is 2.18. The summed E-state index contributed by atoms with van der Waals surface area (Å²) in [4.78, 5) is 11.6. The van der Waals surface area contributed by atoms with Crippen LogP contribution in [0.5, 0.6) is 11.5 Å². The van der Waals surface area contributed by atoms with E-state index in [0.717, 1.165) is 23.9 Å². The van der Waals surface area contributed by atoms with Gasteiger partial charge >= 0.3 is 0 Å². The molecule has 3 aromatic carbocycles. The number of phenolic OH excluding ortho intramolecular Hbond substituents is 1. The molecule has 0 fully saturated rings. The molecule has 0 aliphatic rings. The number of phenols is 1. The Balaban J connectivity index is 1.77. The summed E-state index contributed by atoms with van der Waals surface area (Å²) in [5.41, 5.74) is 7.46. The molecule has 1 amide bonds. The van der Waals surface area contributed by atoms with Gasteiger partial charge in [0.1, 0.15) is 35.6 Å².